The zero-order chi connectivity index (χ0) is 22.8. The van der Waals surface area contributed by atoms with Gasteiger partial charge >= 0.3 is 0 Å². The van der Waals surface area contributed by atoms with Gasteiger partial charge < -0.3 is 14.4 Å². The molecule has 1 atom stereocenters. The van der Waals surface area contributed by atoms with Crippen LogP contribution in [0.15, 0.2) is 65.3 Å². The number of carbonyl (C=O) groups is 1. The third kappa shape index (κ3) is 4.16. The van der Waals surface area contributed by atoms with Crippen LogP contribution in [0.1, 0.15) is 22.7 Å². The summed E-state index contributed by atoms with van der Waals surface area (Å²) >= 11 is 3.05. The lowest BCUT2D eigenvalue weighted by atomic mass is 9.87. The average molecular weight is 478 g/mol. The number of nitrogens with zero attached hydrogens (tertiary/aromatic N) is 3. The van der Waals surface area contributed by atoms with Crippen LogP contribution in [0, 0.1) is 0 Å². The Morgan fingerprint density at radius 2 is 1.91 bits per heavy atom. The molecule has 168 valence electrons. The van der Waals surface area contributed by atoms with Crippen molar-refractivity contribution in [1.29, 1.82) is 0 Å². The van der Waals surface area contributed by atoms with E-state index in [2.05, 4.69) is 22.1 Å². The Bertz CT molecular complexity index is 1290. The van der Waals surface area contributed by atoms with Gasteiger partial charge in [0.15, 0.2) is 11.5 Å². The van der Waals surface area contributed by atoms with E-state index < -0.39 is 0 Å². The number of fused-ring (bicyclic) bond motifs is 2. The fourth-order valence-electron chi connectivity index (χ4n) is 4.30. The third-order valence-electron chi connectivity index (χ3n) is 5.87. The highest BCUT2D eigenvalue weighted by molar-refractivity contribution is 8.00. The first kappa shape index (κ1) is 21.7. The Balaban J connectivity index is 1.47. The molecule has 5 rings (SSSR count). The number of thiophene rings is 1. The van der Waals surface area contributed by atoms with E-state index in [1.165, 1.54) is 17.3 Å². The molecule has 0 bridgehead atoms. The number of carbonyl (C=O) groups excluding carboxylic acids is 1. The Labute approximate surface area is 200 Å². The lowest BCUT2D eigenvalue weighted by Crippen LogP contribution is -2.41. The van der Waals surface area contributed by atoms with Crippen LogP contribution in [0.25, 0.3) is 10.2 Å². The van der Waals surface area contributed by atoms with E-state index in [1.807, 2.05) is 46.7 Å². The first-order valence-electron chi connectivity index (χ1n) is 10.6. The van der Waals surface area contributed by atoms with Crippen molar-refractivity contribution >= 4 is 39.2 Å². The highest BCUT2D eigenvalue weighted by atomic mass is 32.2. The number of ether oxygens (including phenoxy) is 2. The molecule has 3 heterocycles. The van der Waals surface area contributed by atoms with Crippen molar-refractivity contribution in [2.45, 2.75) is 17.5 Å². The molecular formula is C25H23N3O3S2. The number of hydrogen-bond donors (Lipinski definition) is 0. The maximum Gasteiger partial charge on any atom is 0.233 e. The quantitative estimate of drug-likeness (QED) is 0.288. The molecule has 0 N–H and O–H groups in total. The molecule has 1 aliphatic rings. The summed E-state index contributed by atoms with van der Waals surface area (Å²) in [5.41, 5.74) is 3.32. The van der Waals surface area contributed by atoms with Crippen molar-refractivity contribution in [2.24, 2.45) is 0 Å². The van der Waals surface area contributed by atoms with Gasteiger partial charge in [-0.15, -0.1) is 11.3 Å². The van der Waals surface area contributed by atoms with Gasteiger partial charge in [0.1, 0.15) is 16.2 Å². The summed E-state index contributed by atoms with van der Waals surface area (Å²) in [6.07, 6.45) is 2.33. The van der Waals surface area contributed by atoms with Crippen LogP contribution < -0.4 is 9.47 Å². The van der Waals surface area contributed by atoms with E-state index in [0.29, 0.717) is 23.8 Å². The predicted molar refractivity (Wildman–Crippen MR) is 131 cm³/mol. The monoisotopic (exact) mass is 477 g/mol. The molecule has 1 aliphatic heterocycles. The van der Waals surface area contributed by atoms with Crippen molar-refractivity contribution in [3.05, 3.63) is 76.9 Å². The first-order chi connectivity index (χ1) is 16.2. The van der Waals surface area contributed by atoms with E-state index in [4.69, 9.17) is 9.47 Å². The van der Waals surface area contributed by atoms with Gasteiger partial charge in [-0.2, -0.15) is 0 Å². The second kappa shape index (κ2) is 9.41. The van der Waals surface area contributed by atoms with E-state index in [1.54, 1.807) is 31.9 Å². The van der Waals surface area contributed by atoms with Crippen LogP contribution in [-0.4, -0.2) is 47.3 Å². The van der Waals surface area contributed by atoms with Crippen molar-refractivity contribution in [2.75, 3.05) is 26.5 Å². The lowest BCUT2D eigenvalue weighted by molar-refractivity contribution is -0.130. The maximum atomic E-state index is 13.5. The van der Waals surface area contributed by atoms with Crippen molar-refractivity contribution in [1.82, 2.24) is 14.9 Å². The number of thioether (sulfide) groups is 1. The van der Waals surface area contributed by atoms with Crippen LogP contribution in [0.5, 0.6) is 11.5 Å². The van der Waals surface area contributed by atoms with Gasteiger partial charge in [-0.1, -0.05) is 42.1 Å². The lowest BCUT2D eigenvalue weighted by Gasteiger charge is -2.38. The molecule has 0 aliphatic carbocycles. The minimum Gasteiger partial charge on any atom is -0.493 e. The van der Waals surface area contributed by atoms with Crippen molar-refractivity contribution < 1.29 is 14.3 Å². The second-order valence-corrected chi connectivity index (χ2v) is 9.52. The van der Waals surface area contributed by atoms with Crippen LogP contribution in [-0.2, 0) is 11.2 Å². The molecular weight excluding hydrogens is 454 g/mol. The molecule has 1 amide bonds. The van der Waals surface area contributed by atoms with Crippen LogP contribution in [0.4, 0.5) is 0 Å². The Morgan fingerprint density at radius 1 is 1.12 bits per heavy atom. The van der Waals surface area contributed by atoms with Crippen LogP contribution >= 0.6 is 23.1 Å². The number of hydrogen-bond acceptors (Lipinski definition) is 7. The number of rotatable bonds is 6. The first-order valence-corrected chi connectivity index (χ1v) is 12.5. The Hall–Kier alpha value is -3.10. The van der Waals surface area contributed by atoms with Gasteiger partial charge in [0.25, 0.3) is 0 Å². The fourth-order valence-corrected chi connectivity index (χ4v) is 5.97. The van der Waals surface area contributed by atoms with Crippen LogP contribution in [0.2, 0.25) is 0 Å². The number of aromatic nitrogens is 2. The SMILES string of the molecule is COc1cc2c(cc1OC)C(c1ccccc1)N(C(=O)CSc1ncnc3sccc13)CC2. The summed E-state index contributed by atoms with van der Waals surface area (Å²) < 4.78 is 11.1. The highest BCUT2D eigenvalue weighted by Gasteiger charge is 2.33. The maximum absolute atomic E-state index is 13.5. The Morgan fingerprint density at radius 3 is 2.70 bits per heavy atom. The minimum absolute atomic E-state index is 0.0799. The summed E-state index contributed by atoms with van der Waals surface area (Å²) in [7, 11) is 3.28. The highest BCUT2D eigenvalue weighted by Crippen LogP contribution is 2.41. The van der Waals surface area contributed by atoms with Gasteiger partial charge in [0.2, 0.25) is 5.91 Å². The summed E-state index contributed by atoms with van der Waals surface area (Å²) in [5, 5.41) is 3.84. The van der Waals surface area contributed by atoms with Gasteiger partial charge in [0.05, 0.1) is 26.0 Å². The zero-order valence-corrected chi connectivity index (χ0v) is 20.0. The largest absolute Gasteiger partial charge is 0.493 e. The molecule has 6 nitrogen and oxygen atoms in total. The van der Waals surface area contributed by atoms with E-state index in [-0.39, 0.29) is 11.9 Å². The Kier molecular flexibility index (Phi) is 6.20. The van der Waals surface area contributed by atoms with Gasteiger partial charge in [0, 0.05) is 11.9 Å². The molecule has 0 saturated carbocycles. The number of amides is 1. The topological polar surface area (TPSA) is 64.6 Å². The summed E-state index contributed by atoms with van der Waals surface area (Å²) in [4.78, 5) is 25.2. The normalized spacial score (nSPS) is 15.3. The molecule has 33 heavy (non-hydrogen) atoms. The molecule has 8 heteroatoms. The van der Waals surface area contributed by atoms with E-state index >= 15 is 0 Å². The second-order valence-electron chi connectivity index (χ2n) is 7.66. The van der Waals surface area contributed by atoms with Crippen molar-refractivity contribution in [3.8, 4) is 11.5 Å². The zero-order valence-electron chi connectivity index (χ0n) is 18.4. The average Bonchev–Trinajstić information content (AvgIpc) is 3.35. The smallest absolute Gasteiger partial charge is 0.233 e. The molecule has 4 aromatic rings. The summed E-state index contributed by atoms with van der Waals surface area (Å²) in [6, 6.07) is 16.0. The molecule has 1 unspecified atom stereocenters. The molecule has 2 aromatic carbocycles. The van der Waals surface area contributed by atoms with Gasteiger partial charge in [-0.05, 0) is 46.7 Å². The molecule has 0 saturated heterocycles. The predicted octanol–water partition coefficient (Wildman–Crippen LogP) is 4.97. The molecule has 0 spiro atoms. The molecule has 0 radical (unpaired) electrons. The standard InChI is InChI=1S/C25H23N3O3S2/c1-30-20-12-17-8-10-28(22(29)14-33-25-18-9-11-32-24(18)26-15-27-25)23(16-6-4-3-5-7-16)19(17)13-21(20)31-2/h3-7,9,11-13,15,23H,8,10,14H2,1-2H3. The van der Waals surface area contributed by atoms with Gasteiger partial charge in [-0.25, -0.2) is 9.97 Å². The fraction of sp³-hybridized carbons (Fsp3) is 0.240. The van der Waals surface area contributed by atoms with Crippen molar-refractivity contribution in [3.63, 3.8) is 0 Å². The minimum atomic E-state index is -0.186. The van der Waals surface area contributed by atoms with E-state index in [0.717, 1.165) is 32.8 Å². The van der Waals surface area contributed by atoms with Gasteiger partial charge in [-0.3, -0.25) is 4.79 Å². The summed E-state index contributed by atoms with van der Waals surface area (Å²) in [5.74, 6) is 1.77. The molecule has 0 fully saturated rings. The summed E-state index contributed by atoms with van der Waals surface area (Å²) in [6.45, 7) is 0.638. The van der Waals surface area contributed by atoms with Crippen LogP contribution in [0.3, 0.4) is 0 Å². The number of methoxy groups -OCH3 is 2. The molecule has 2 aromatic heterocycles. The number of benzene rings is 2. The van der Waals surface area contributed by atoms with E-state index in [9.17, 15) is 4.79 Å². The third-order valence-corrected chi connectivity index (χ3v) is 7.68.